The van der Waals surface area contributed by atoms with Crippen LogP contribution >= 0.6 is 35.0 Å². The minimum absolute atomic E-state index is 0.0991. The Morgan fingerprint density at radius 2 is 2.04 bits per heavy atom. The summed E-state index contributed by atoms with van der Waals surface area (Å²) in [4.78, 5) is 16.8. The number of hydrogen-bond donors (Lipinski definition) is 1. The lowest BCUT2D eigenvalue weighted by atomic mass is 10.1. The second kappa shape index (κ2) is 7.96. The SMILES string of the molecule is Cc1ccc2cc(C#N)c(SCC(=O)Nc3cc(Cl)ccc3Cl)nc2c1. The molecule has 7 heteroatoms. The third kappa shape index (κ3) is 4.28. The van der Waals surface area contributed by atoms with E-state index in [0.29, 0.717) is 26.3 Å². The van der Waals surface area contributed by atoms with Gasteiger partial charge in [-0.2, -0.15) is 5.26 Å². The second-order valence-electron chi connectivity index (χ2n) is 5.61. The Morgan fingerprint density at radius 1 is 1.23 bits per heavy atom. The van der Waals surface area contributed by atoms with E-state index in [4.69, 9.17) is 23.2 Å². The molecule has 0 saturated carbocycles. The van der Waals surface area contributed by atoms with Crippen molar-refractivity contribution >= 4 is 57.5 Å². The Kier molecular flexibility index (Phi) is 5.67. The van der Waals surface area contributed by atoms with Crippen LogP contribution in [0.25, 0.3) is 10.9 Å². The molecule has 0 radical (unpaired) electrons. The molecule has 0 aliphatic carbocycles. The Labute approximate surface area is 165 Å². The van der Waals surface area contributed by atoms with Crippen LogP contribution in [-0.4, -0.2) is 16.6 Å². The smallest absolute Gasteiger partial charge is 0.234 e. The van der Waals surface area contributed by atoms with Crippen LogP contribution in [0.3, 0.4) is 0 Å². The molecular formula is C19H13Cl2N3OS. The van der Waals surface area contributed by atoms with Gasteiger partial charge in [-0.1, -0.05) is 47.1 Å². The van der Waals surface area contributed by atoms with E-state index in [0.717, 1.165) is 16.5 Å². The predicted molar refractivity (Wildman–Crippen MR) is 107 cm³/mol. The summed E-state index contributed by atoms with van der Waals surface area (Å²) in [5.41, 5.74) is 2.77. The minimum atomic E-state index is -0.255. The van der Waals surface area contributed by atoms with Crippen LogP contribution in [0, 0.1) is 18.3 Å². The number of benzene rings is 2. The van der Waals surface area contributed by atoms with Gasteiger partial charge in [-0.25, -0.2) is 4.98 Å². The van der Waals surface area contributed by atoms with Crippen LogP contribution in [0.5, 0.6) is 0 Å². The molecule has 0 fully saturated rings. The maximum Gasteiger partial charge on any atom is 0.234 e. The van der Waals surface area contributed by atoms with Gasteiger partial charge in [0.05, 0.1) is 27.5 Å². The Balaban J connectivity index is 1.77. The Morgan fingerprint density at radius 3 is 2.81 bits per heavy atom. The molecule has 26 heavy (non-hydrogen) atoms. The fourth-order valence-corrected chi connectivity index (χ4v) is 3.46. The molecule has 1 N–H and O–H groups in total. The third-order valence-electron chi connectivity index (χ3n) is 3.60. The lowest BCUT2D eigenvalue weighted by Crippen LogP contribution is -2.14. The van der Waals surface area contributed by atoms with Crippen LogP contribution in [0.15, 0.2) is 47.5 Å². The van der Waals surface area contributed by atoms with Crippen LogP contribution in [0.4, 0.5) is 5.69 Å². The van der Waals surface area contributed by atoms with Crippen molar-refractivity contribution in [2.75, 3.05) is 11.1 Å². The summed E-state index contributed by atoms with van der Waals surface area (Å²) in [6.07, 6.45) is 0. The van der Waals surface area contributed by atoms with Gasteiger partial charge < -0.3 is 5.32 Å². The number of aryl methyl sites for hydroxylation is 1. The highest BCUT2D eigenvalue weighted by molar-refractivity contribution is 8.00. The van der Waals surface area contributed by atoms with Crippen molar-refractivity contribution in [3.05, 3.63) is 63.6 Å². The molecule has 1 heterocycles. The number of nitriles is 1. The van der Waals surface area contributed by atoms with E-state index < -0.39 is 0 Å². The van der Waals surface area contributed by atoms with Crippen molar-refractivity contribution in [1.82, 2.24) is 4.98 Å². The zero-order chi connectivity index (χ0) is 18.7. The first-order chi connectivity index (χ1) is 12.5. The molecule has 0 atom stereocenters. The van der Waals surface area contributed by atoms with Gasteiger partial charge in [-0.15, -0.1) is 0 Å². The first-order valence-corrected chi connectivity index (χ1v) is 9.39. The highest BCUT2D eigenvalue weighted by Crippen LogP contribution is 2.27. The number of anilines is 1. The molecule has 0 bridgehead atoms. The fourth-order valence-electron chi connectivity index (χ4n) is 2.36. The molecule has 0 unspecified atom stereocenters. The lowest BCUT2D eigenvalue weighted by Gasteiger charge is -2.09. The lowest BCUT2D eigenvalue weighted by molar-refractivity contribution is -0.113. The number of halogens is 2. The fraction of sp³-hybridized carbons (Fsp3) is 0.105. The molecule has 4 nitrogen and oxygen atoms in total. The molecule has 130 valence electrons. The highest BCUT2D eigenvalue weighted by atomic mass is 35.5. The number of carbonyl (C=O) groups excluding carboxylic acids is 1. The third-order valence-corrected chi connectivity index (χ3v) is 5.16. The maximum atomic E-state index is 12.2. The number of aromatic nitrogens is 1. The predicted octanol–water partition coefficient (Wildman–Crippen LogP) is 5.45. The normalized spacial score (nSPS) is 10.5. The second-order valence-corrected chi connectivity index (χ2v) is 7.42. The number of nitrogens with one attached hydrogen (secondary N) is 1. The zero-order valence-electron chi connectivity index (χ0n) is 13.7. The van der Waals surface area contributed by atoms with E-state index in [-0.39, 0.29) is 11.7 Å². The van der Waals surface area contributed by atoms with E-state index in [1.807, 2.05) is 25.1 Å². The molecule has 1 aromatic heterocycles. The summed E-state index contributed by atoms with van der Waals surface area (Å²) >= 11 is 13.2. The van der Waals surface area contributed by atoms with E-state index in [2.05, 4.69) is 16.4 Å². The number of nitrogens with zero attached hydrogens (tertiary/aromatic N) is 2. The molecule has 3 aromatic rings. The molecule has 0 saturated heterocycles. The van der Waals surface area contributed by atoms with E-state index in [1.54, 1.807) is 24.3 Å². The molecule has 3 rings (SSSR count). The van der Waals surface area contributed by atoms with Crippen molar-refractivity contribution in [3.8, 4) is 6.07 Å². The van der Waals surface area contributed by atoms with E-state index in [9.17, 15) is 10.1 Å². The van der Waals surface area contributed by atoms with Gasteiger partial charge in [-0.3, -0.25) is 4.79 Å². The van der Waals surface area contributed by atoms with Crippen LogP contribution in [-0.2, 0) is 4.79 Å². The molecule has 0 aliphatic heterocycles. The number of pyridine rings is 1. The highest BCUT2D eigenvalue weighted by Gasteiger charge is 2.12. The number of amides is 1. The summed E-state index contributed by atoms with van der Waals surface area (Å²) in [5, 5.41) is 14.4. The van der Waals surface area contributed by atoms with Crippen molar-refractivity contribution in [1.29, 1.82) is 5.26 Å². The van der Waals surface area contributed by atoms with Crippen molar-refractivity contribution in [2.24, 2.45) is 0 Å². The number of thioether (sulfide) groups is 1. The average molecular weight is 402 g/mol. The number of rotatable bonds is 4. The molecule has 1 amide bonds. The van der Waals surface area contributed by atoms with Gasteiger partial charge in [0.2, 0.25) is 5.91 Å². The summed E-state index contributed by atoms with van der Waals surface area (Å²) in [6.45, 7) is 1.98. The van der Waals surface area contributed by atoms with Crippen molar-refractivity contribution in [3.63, 3.8) is 0 Å². The largest absolute Gasteiger partial charge is 0.324 e. The van der Waals surface area contributed by atoms with E-state index in [1.165, 1.54) is 11.8 Å². The minimum Gasteiger partial charge on any atom is -0.324 e. The molecule has 0 spiro atoms. The first kappa shape index (κ1) is 18.5. The monoisotopic (exact) mass is 401 g/mol. The van der Waals surface area contributed by atoms with Crippen molar-refractivity contribution in [2.45, 2.75) is 11.9 Å². The number of carbonyl (C=O) groups is 1. The topological polar surface area (TPSA) is 65.8 Å². The van der Waals surface area contributed by atoms with Gasteiger partial charge >= 0.3 is 0 Å². The maximum absolute atomic E-state index is 12.2. The van der Waals surface area contributed by atoms with Gasteiger partial charge in [-0.05, 0) is 42.8 Å². The average Bonchev–Trinajstić information content (AvgIpc) is 2.62. The van der Waals surface area contributed by atoms with E-state index >= 15 is 0 Å². The van der Waals surface area contributed by atoms with Crippen LogP contribution < -0.4 is 5.32 Å². The number of hydrogen-bond acceptors (Lipinski definition) is 4. The molecule has 2 aromatic carbocycles. The standard InChI is InChI=1S/C19H13Cl2N3OS/c1-11-2-3-12-7-13(9-22)19(24-16(12)6-11)26-10-18(25)23-17-8-14(20)4-5-15(17)21/h2-8H,10H2,1H3,(H,23,25). The molecule has 0 aliphatic rings. The van der Waals surface area contributed by atoms with Crippen LogP contribution in [0.2, 0.25) is 10.0 Å². The summed E-state index contributed by atoms with van der Waals surface area (Å²) < 4.78 is 0. The van der Waals surface area contributed by atoms with Crippen LogP contribution in [0.1, 0.15) is 11.1 Å². The molecular weight excluding hydrogens is 389 g/mol. The summed E-state index contributed by atoms with van der Waals surface area (Å²) in [6, 6.07) is 14.6. The quantitative estimate of drug-likeness (QED) is 0.589. The Hall–Kier alpha value is -2.26. The van der Waals surface area contributed by atoms with Gasteiger partial charge in [0.25, 0.3) is 0 Å². The summed E-state index contributed by atoms with van der Waals surface area (Å²) in [5.74, 6) is -0.156. The van der Waals surface area contributed by atoms with Gasteiger partial charge in [0.15, 0.2) is 0 Å². The Bertz CT molecular complexity index is 1050. The zero-order valence-corrected chi connectivity index (χ0v) is 16.0. The number of fused-ring (bicyclic) bond motifs is 1. The van der Waals surface area contributed by atoms with Gasteiger partial charge in [0.1, 0.15) is 11.1 Å². The first-order valence-electron chi connectivity index (χ1n) is 7.65. The van der Waals surface area contributed by atoms with Crippen molar-refractivity contribution < 1.29 is 4.79 Å². The van der Waals surface area contributed by atoms with Gasteiger partial charge in [0, 0.05) is 10.4 Å². The summed E-state index contributed by atoms with van der Waals surface area (Å²) in [7, 11) is 0.